The molecule has 2 rings (SSSR count). The Bertz CT molecular complexity index is 811. The van der Waals surface area contributed by atoms with Gasteiger partial charge in [-0.2, -0.15) is 26.3 Å². The predicted molar refractivity (Wildman–Crippen MR) is 91.1 cm³/mol. The maximum absolute atomic E-state index is 12.8. The fraction of sp³-hybridized carbons (Fsp3) is 0.316. The molecule has 1 amide bonds. The van der Waals surface area contributed by atoms with Crippen molar-refractivity contribution in [3.05, 3.63) is 59.2 Å². The summed E-state index contributed by atoms with van der Waals surface area (Å²) in [5.74, 6) is -1.32. The van der Waals surface area contributed by atoms with Crippen molar-refractivity contribution in [2.24, 2.45) is 0 Å². The normalized spacial score (nSPS) is 12.2. The monoisotopic (exact) mass is 405 g/mol. The zero-order chi connectivity index (χ0) is 21.1. The molecule has 0 unspecified atom stereocenters. The van der Waals surface area contributed by atoms with E-state index in [2.05, 4.69) is 5.32 Å². The van der Waals surface area contributed by atoms with Crippen molar-refractivity contribution in [2.45, 2.75) is 32.1 Å². The van der Waals surface area contributed by atoms with E-state index >= 15 is 0 Å². The number of ether oxygens (including phenoxy) is 1. The topological polar surface area (TPSA) is 38.3 Å². The summed E-state index contributed by atoms with van der Waals surface area (Å²) in [5, 5.41) is 2.54. The highest BCUT2D eigenvalue weighted by Crippen LogP contribution is 2.38. The minimum atomic E-state index is -4.99. The molecule has 0 aliphatic rings. The first-order chi connectivity index (χ1) is 12.9. The van der Waals surface area contributed by atoms with Gasteiger partial charge in [0, 0.05) is 5.69 Å². The van der Waals surface area contributed by atoms with Crippen molar-refractivity contribution in [3.8, 4) is 5.75 Å². The summed E-state index contributed by atoms with van der Waals surface area (Å²) < 4.78 is 81.9. The first kappa shape index (κ1) is 21.6. The van der Waals surface area contributed by atoms with E-state index in [0.29, 0.717) is 17.8 Å². The Kier molecular flexibility index (Phi) is 6.26. The van der Waals surface area contributed by atoms with Crippen molar-refractivity contribution >= 4 is 11.6 Å². The number of benzene rings is 2. The average molecular weight is 405 g/mol. The van der Waals surface area contributed by atoms with Gasteiger partial charge in [0.1, 0.15) is 5.75 Å². The molecule has 0 bridgehead atoms. The predicted octanol–water partition coefficient (Wildman–Crippen LogP) is 5.87. The highest BCUT2D eigenvalue weighted by atomic mass is 19.4. The zero-order valence-corrected chi connectivity index (χ0v) is 14.9. The molecule has 2 aromatic carbocycles. The molecule has 1 N–H and O–H groups in total. The van der Waals surface area contributed by atoms with Gasteiger partial charge in [0.05, 0.1) is 11.1 Å². The van der Waals surface area contributed by atoms with E-state index in [9.17, 15) is 31.1 Å². The van der Waals surface area contributed by atoms with Crippen LogP contribution in [0.3, 0.4) is 0 Å². The molecule has 0 heterocycles. The van der Waals surface area contributed by atoms with Gasteiger partial charge in [-0.25, -0.2) is 0 Å². The van der Waals surface area contributed by atoms with Crippen LogP contribution < -0.4 is 10.1 Å². The Morgan fingerprint density at radius 1 is 0.964 bits per heavy atom. The van der Waals surface area contributed by atoms with Crippen molar-refractivity contribution in [2.75, 3.05) is 11.9 Å². The number of carbonyl (C=O) groups excluding carboxylic acids is 1. The first-order valence-electron chi connectivity index (χ1n) is 8.19. The number of hydrogen-bond acceptors (Lipinski definition) is 2. The van der Waals surface area contributed by atoms with Crippen LogP contribution in [0.15, 0.2) is 42.5 Å². The minimum Gasteiger partial charge on any atom is -0.484 e. The summed E-state index contributed by atoms with van der Waals surface area (Å²) in [5.41, 5.74) is -1.70. The number of anilines is 1. The maximum Gasteiger partial charge on any atom is 0.416 e. The van der Waals surface area contributed by atoms with E-state index in [0.717, 1.165) is 5.56 Å². The Labute approximate surface area is 157 Å². The third kappa shape index (κ3) is 5.64. The molecule has 0 radical (unpaired) electrons. The van der Waals surface area contributed by atoms with Gasteiger partial charge in [0.25, 0.3) is 5.91 Å². The van der Waals surface area contributed by atoms with E-state index in [-0.39, 0.29) is 12.0 Å². The summed E-state index contributed by atoms with van der Waals surface area (Å²) in [6, 6.07) is 7.73. The largest absolute Gasteiger partial charge is 0.484 e. The van der Waals surface area contributed by atoms with Gasteiger partial charge in [-0.3, -0.25) is 4.79 Å². The van der Waals surface area contributed by atoms with E-state index in [4.69, 9.17) is 4.74 Å². The first-order valence-corrected chi connectivity index (χ1v) is 8.19. The zero-order valence-electron chi connectivity index (χ0n) is 14.9. The Balaban J connectivity index is 2.17. The molecule has 0 aliphatic carbocycles. The molecule has 0 saturated heterocycles. The van der Waals surface area contributed by atoms with Crippen LogP contribution in [0, 0.1) is 0 Å². The molecule has 9 heteroatoms. The van der Waals surface area contributed by atoms with E-state index in [1.54, 1.807) is 24.3 Å². The van der Waals surface area contributed by atoms with Gasteiger partial charge in [-0.05, 0) is 35.7 Å². The molecule has 0 spiro atoms. The Morgan fingerprint density at radius 3 is 2.00 bits per heavy atom. The lowest BCUT2D eigenvalue weighted by atomic mass is 10.0. The standard InChI is InChI=1S/C19H17F6NO2/c1-11(2)15-5-3-4-6-16(15)26-17(27)10-28-14-8-12(18(20,21)22)7-13(9-14)19(23,24)25/h3-9,11H,10H2,1-2H3,(H,26,27). The second kappa shape index (κ2) is 8.12. The molecule has 0 aromatic heterocycles. The van der Waals surface area contributed by atoms with Gasteiger partial charge in [0.15, 0.2) is 6.61 Å². The fourth-order valence-corrected chi connectivity index (χ4v) is 2.46. The van der Waals surface area contributed by atoms with Gasteiger partial charge in [-0.15, -0.1) is 0 Å². The lowest BCUT2D eigenvalue weighted by Gasteiger charge is -2.16. The molecule has 152 valence electrons. The maximum atomic E-state index is 12.8. The SMILES string of the molecule is CC(C)c1ccccc1NC(=O)COc1cc(C(F)(F)F)cc(C(F)(F)F)c1. The van der Waals surface area contributed by atoms with Crippen LogP contribution >= 0.6 is 0 Å². The van der Waals surface area contributed by atoms with Crippen molar-refractivity contribution in [3.63, 3.8) is 0 Å². The van der Waals surface area contributed by atoms with Crippen LogP contribution in [0.2, 0.25) is 0 Å². The van der Waals surface area contributed by atoms with E-state index < -0.39 is 41.7 Å². The lowest BCUT2D eigenvalue weighted by molar-refractivity contribution is -0.143. The fourth-order valence-electron chi connectivity index (χ4n) is 2.46. The number of carbonyl (C=O) groups is 1. The smallest absolute Gasteiger partial charge is 0.416 e. The Hall–Kier alpha value is -2.71. The number of hydrogen-bond donors (Lipinski definition) is 1. The van der Waals surface area contributed by atoms with Crippen LogP contribution in [-0.2, 0) is 17.1 Å². The van der Waals surface area contributed by atoms with Crippen LogP contribution in [-0.4, -0.2) is 12.5 Å². The van der Waals surface area contributed by atoms with Crippen molar-refractivity contribution in [1.29, 1.82) is 0 Å². The van der Waals surface area contributed by atoms with Gasteiger partial charge in [-0.1, -0.05) is 32.0 Å². The molecule has 28 heavy (non-hydrogen) atoms. The van der Waals surface area contributed by atoms with Crippen molar-refractivity contribution < 1.29 is 35.9 Å². The minimum absolute atomic E-state index is 0.00812. The summed E-state index contributed by atoms with van der Waals surface area (Å²) >= 11 is 0. The number of alkyl halides is 6. The molecular weight excluding hydrogens is 388 g/mol. The summed E-state index contributed by atoms with van der Waals surface area (Å²) in [6.45, 7) is 3.07. The van der Waals surface area contributed by atoms with Gasteiger partial charge in [0.2, 0.25) is 0 Å². The lowest BCUT2D eigenvalue weighted by Crippen LogP contribution is -2.21. The second-order valence-corrected chi connectivity index (χ2v) is 6.32. The van der Waals surface area contributed by atoms with Gasteiger partial charge < -0.3 is 10.1 Å². The van der Waals surface area contributed by atoms with E-state index in [1.807, 2.05) is 13.8 Å². The molecule has 0 saturated carbocycles. The number of halogens is 6. The third-order valence-corrected chi connectivity index (χ3v) is 3.79. The van der Waals surface area contributed by atoms with Crippen LogP contribution in [0.4, 0.5) is 32.0 Å². The molecule has 0 atom stereocenters. The van der Waals surface area contributed by atoms with Crippen LogP contribution in [0.5, 0.6) is 5.75 Å². The molecule has 0 aliphatic heterocycles. The van der Waals surface area contributed by atoms with Crippen LogP contribution in [0.25, 0.3) is 0 Å². The molecule has 2 aromatic rings. The number of amides is 1. The molecule has 0 fully saturated rings. The molecule has 3 nitrogen and oxygen atoms in total. The molecular formula is C19H17F6NO2. The van der Waals surface area contributed by atoms with Gasteiger partial charge >= 0.3 is 12.4 Å². The number of rotatable bonds is 5. The number of nitrogens with one attached hydrogen (secondary N) is 1. The summed E-state index contributed by atoms with van der Waals surface area (Å²) in [6.07, 6.45) is -9.98. The van der Waals surface area contributed by atoms with Crippen molar-refractivity contribution in [1.82, 2.24) is 0 Å². The summed E-state index contributed by atoms with van der Waals surface area (Å²) in [4.78, 5) is 12.0. The van der Waals surface area contributed by atoms with E-state index in [1.165, 1.54) is 0 Å². The number of para-hydroxylation sites is 1. The third-order valence-electron chi connectivity index (χ3n) is 3.79. The average Bonchev–Trinajstić information content (AvgIpc) is 2.58. The van der Waals surface area contributed by atoms with Crippen LogP contribution in [0.1, 0.15) is 36.5 Å². The Morgan fingerprint density at radius 2 is 1.50 bits per heavy atom. The highest BCUT2D eigenvalue weighted by molar-refractivity contribution is 5.92. The second-order valence-electron chi connectivity index (χ2n) is 6.32. The summed E-state index contributed by atoms with van der Waals surface area (Å²) in [7, 11) is 0. The quantitative estimate of drug-likeness (QED) is 0.633. The highest BCUT2D eigenvalue weighted by Gasteiger charge is 2.37.